The molecule has 34 heavy (non-hydrogen) atoms. The number of fused-ring (bicyclic) bond motifs is 7. The van der Waals surface area contributed by atoms with Crippen molar-refractivity contribution in [2.45, 2.75) is 44.3 Å². The lowest BCUT2D eigenvalue weighted by Gasteiger charge is -2.38. The third-order valence-electron chi connectivity index (χ3n) is 8.20. The molecule has 5 heteroatoms. The molecule has 4 aliphatic rings. The molecule has 2 aromatic carbocycles. The molecule has 174 valence electrons. The lowest BCUT2D eigenvalue weighted by atomic mass is 9.76. The van der Waals surface area contributed by atoms with E-state index >= 15 is 0 Å². The second kappa shape index (κ2) is 8.67. The average Bonchev–Trinajstić information content (AvgIpc) is 3.49. The highest BCUT2D eigenvalue weighted by molar-refractivity contribution is 14.1. The highest BCUT2D eigenvalue weighted by atomic mass is 127. The van der Waals surface area contributed by atoms with Crippen molar-refractivity contribution in [3.63, 3.8) is 0 Å². The lowest BCUT2D eigenvalue weighted by Crippen LogP contribution is -2.45. The second-order valence-electron chi connectivity index (χ2n) is 10.0. The Morgan fingerprint density at radius 1 is 0.971 bits per heavy atom. The van der Waals surface area contributed by atoms with Gasteiger partial charge in [0.25, 0.3) is 0 Å². The van der Waals surface area contributed by atoms with Crippen molar-refractivity contribution in [1.29, 1.82) is 0 Å². The summed E-state index contributed by atoms with van der Waals surface area (Å²) in [6, 6.07) is 13.7. The van der Waals surface area contributed by atoms with Gasteiger partial charge in [-0.25, -0.2) is 4.79 Å². The molecular weight excluding hydrogens is 539 g/mol. The summed E-state index contributed by atoms with van der Waals surface area (Å²) in [5.41, 5.74) is 4.71. The van der Waals surface area contributed by atoms with Crippen LogP contribution in [-0.4, -0.2) is 24.1 Å². The molecule has 0 spiro atoms. The first-order valence-corrected chi connectivity index (χ1v) is 13.2. The number of rotatable bonds is 4. The molecule has 2 saturated carbocycles. The third-order valence-corrected chi connectivity index (χ3v) is 8.82. The number of carbonyl (C=O) groups excluding carboxylic acids is 2. The molecule has 7 atom stereocenters. The van der Waals surface area contributed by atoms with Crippen LogP contribution < -0.4 is 0 Å². The smallest absolute Gasteiger partial charge is 0.338 e. The maximum Gasteiger partial charge on any atom is 0.338 e. The van der Waals surface area contributed by atoms with Crippen molar-refractivity contribution in [1.82, 2.24) is 0 Å². The van der Waals surface area contributed by atoms with Crippen molar-refractivity contribution >= 4 is 34.5 Å². The maximum absolute atomic E-state index is 13.1. The molecule has 0 aromatic heterocycles. The summed E-state index contributed by atoms with van der Waals surface area (Å²) in [4.78, 5) is 26.2. The first-order valence-electron chi connectivity index (χ1n) is 12.1. The van der Waals surface area contributed by atoms with Crippen LogP contribution in [0.4, 0.5) is 0 Å². The van der Waals surface area contributed by atoms with Crippen LogP contribution in [0.15, 0.2) is 66.8 Å². The van der Waals surface area contributed by atoms with Crippen molar-refractivity contribution in [2.24, 2.45) is 23.7 Å². The van der Waals surface area contributed by atoms with E-state index in [1.807, 2.05) is 42.5 Å². The number of esters is 2. The van der Waals surface area contributed by atoms with Crippen molar-refractivity contribution < 1.29 is 19.1 Å². The molecule has 0 aliphatic heterocycles. The molecule has 2 aromatic rings. The van der Waals surface area contributed by atoms with Gasteiger partial charge < -0.3 is 9.47 Å². The molecule has 0 heterocycles. The molecule has 0 amide bonds. The molecule has 0 radical (unpaired) electrons. The second-order valence-corrected chi connectivity index (χ2v) is 11.3. The molecule has 6 rings (SSSR count). The molecule has 0 N–H and O–H groups in total. The van der Waals surface area contributed by atoms with Gasteiger partial charge >= 0.3 is 11.9 Å². The van der Waals surface area contributed by atoms with E-state index in [9.17, 15) is 9.59 Å². The minimum Gasteiger partial charge on any atom is -0.458 e. The number of aryl methyl sites for hydroxylation is 1. The van der Waals surface area contributed by atoms with Gasteiger partial charge in [-0.05, 0) is 102 Å². The van der Waals surface area contributed by atoms with E-state index in [2.05, 4.69) is 41.6 Å². The van der Waals surface area contributed by atoms with Crippen LogP contribution in [0.1, 0.15) is 45.8 Å². The standard InChI is InChI=1S/C29H27IO4/c1-16-12-20(30)13-19-14-21-22-15-23(25(21)24(16)19)27(34-29(32)18-10-6-3-7-11-18)26(22)33-28(31)17-8-4-2-5-9-17/h2-10,12-13,18,21-23,25-27H,11,14-15H2,1H3. The van der Waals surface area contributed by atoms with Gasteiger partial charge in [-0.3, -0.25) is 4.79 Å². The highest BCUT2D eigenvalue weighted by Gasteiger charge is 2.63. The fourth-order valence-electron chi connectivity index (χ4n) is 6.90. The van der Waals surface area contributed by atoms with Crippen LogP contribution in [0.25, 0.3) is 0 Å². The number of carbonyl (C=O) groups is 2. The predicted molar refractivity (Wildman–Crippen MR) is 137 cm³/mol. The monoisotopic (exact) mass is 566 g/mol. The number of halogens is 1. The van der Waals surface area contributed by atoms with Gasteiger partial charge in [0.05, 0.1) is 11.5 Å². The summed E-state index contributed by atoms with van der Waals surface area (Å²) >= 11 is 2.39. The molecule has 2 fully saturated rings. The van der Waals surface area contributed by atoms with E-state index in [1.54, 1.807) is 12.1 Å². The Labute approximate surface area is 213 Å². The fraction of sp³-hybridized carbons (Fsp3) is 0.379. The SMILES string of the molecule is Cc1cc(I)cc2c1C1C(C2)C2CC1C(OC(=O)C1C=CC=CC1)C2OC(=O)c1ccccc1. The minimum absolute atomic E-state index is 0.177. The Morgan fingerprint density at radius 2 is 1.76 bits per heavy atom. The van der Waals surface area contributed by atoms with Crippen LogP contribution in [-0.2, 0) is 20.7 Å². The Bertz CT molecular complexity index is 1200. The molecule has 0 saturated heterocycles. The van der Waals surface area contributed by atoms with E-state index in [0.29, 0.717) is 23.8 Å². The number of allylic oxidation sites excluding steroid dienone is 3. The zero-order chi connectivity index (χ0) is 23.4. The number of hydrogen-bond donors (Lipinski definition) is 0. The minimum atomic E-state index is -0.407. The van der Waals surface area contributed by atoms with Crippen LogP contribution in [0.2, 0.25) is 0 Å². The van der Waals surface area contributed by atoms with Gasteiger partial charge in [0.15, 0.2) is 0 Å². The fourth-order valence-corrected chi connectivity index (χ4v) is 7.75. The van der Waals surface area contributed by atoms with Gasteiger partial charge in [-0.1, -0.05) is 42.5 Å². The number of hydrogen-bond acceptors (Lipinski definition) is 4. The number of benzene rings is 2. The van der Waals surface area contributed by atoms with Crippen LogP contribution in [0.3, 0.4) is 0 Å². The van der Waals surface area contributed by atoms with Gasteiger partial charge in [0, 0.05) is 15.4 Å². The first kappa shape index (κ1) is 22.1. The largest absolute Gasteiger partial charge is 0.458 e. The van der Waals surface area contributed by atoms with Crippen LogP contribution in [0.5, 0.6) is 0 Å². The summed E-state index contributed by atoms with van der Waals surface area (Å²) < 4.78 is 13.6. The van der Waals surface area contributed by atoms with Crippen LogP contribution >= 0.6 is 22.6 Å². The van der Waals surface area contributed by atoms with E-state index in [0.717, 1.165) is 12.8 Å². The van der Waals surface area contributed by atoms with Gasteiger partial charge in [-0.2, -0.15) is 0 Å². The quantitative estimate of drug-likeness (QED) is 0.348. The molecule has 4 nitrogen and oxygen atoms in total. The summed E-state index contributed by atoms with van der Waals surface area (Å²) in [7, 11) is 0. The third kappa shape index (κ3) is 3.63. The van der Waals surface area contributed by atoms with E-state index < -0.39 is 12.2 Å². The zero-order valence-electron chi connectivity index (χ0n) is 19.0. The summed E-state index contributed by atoms with van der Waals surface area (Å²) in [5.74, 6) is 0.346. The molecule has 4 aliphatic carbocycles. The summed E-state index contributed by atoms with van der Waals surface area (Å²) in [5, 5.41) is 0. The van der Waals surface area contributed by atoms with Gasteiger partial charge in [0.1, 0.15) is 12.2 Å². The molecular formula is C29H27IO4. The van der Waals surface area contributed by atoms with Gasteiger partial charge in [-0.15, -0.1) is 0 Å². The Hall–Kier alpha value is -2.41. The van der Waals surface area contributed by atoms with E-state index in [-0.39, 0.29) is 29.7 Å². The lowest BCUT2D eigenvalue weighted by molar-refractivity contribution is -0.164. The van der Waals surface area contributed by atoms with Crippen molar-refractivity contribution in [3.05, 3.63) is 92.6 Å². The Kier molecular flexibility index (Phi) is 5.63. The Balaban J connectivity index is 1.32. The number of ether oxygens (including phenoxy) is 2. The zero-order valence-corrected chi connectivity index (χ0v) is 21.2. The topological polar surface area (TPSA) is 52.6 Å². The predicted octanol–water partition coefficient (Wildman–Crippen LogP) is 5.77. The normalized spacial score (nSPS) is 32.4. The molecule has 7 unspecified atom stereocenters. The summed E-state index contributed by atoms with van der Waals surface area (Å²) in [6.45, 7) is 2.20. The average molecular weight is 566 g/mol. The van der Waals surface area contributed by atoms with E-state index in [4.69, 9.17) is 9.47 Å². The Morgan fingerprint density at radius 3 is 2.53 bits per heavy atom. The van der Waals surface area contributed by atoms with Crippen molar-refractivity contribution in [3.8, 4) is 0 Å². The summed E-state index contributed by atoms with van der Waals surface area (Å²) in [6.07, 6.45) is 9.54. The van der Waals surface area contributed by atoms with Gasteiger partial charge in [0.2, 0.25) is 0 Å². The maximum atomic E-state index is 13.1. The van der Waals surface area contributed by atoms with Crippen molar-refractivity contribution in [2.75, 3.05) is 0 Å². The van der Waals surface area contributed by atoms with Crippen LogP contribution in [0, 0.1) is 34.2 Å². The highest BCUT2D eigenvalue weighted by Crippen LogP contribution is 2.63. The van der Waals surface area contributed by atoms with E-state index in [1.165, 1.54) is 20.3 Å². The first-order chi connectivity index (χ1) is 16.5. The molecule has 2 bridgehead atoms.